The standard InChI is InChI=1S/C11H17NO/c1-3-9(2)8-13-11-6-4-10(12)5-7-11/h4-7,9H,3,8,12H2,1-2H3. The summed E-state index contributed by atoms with van der Waals surface area (Å²) < 4.78 is 5.56. The maximum Gasteiger partial charge on any atom is 0.119 e. The highest BCUT2D eigenvalue weighted by Gasteiger charge is 1.99. The lowest BCUT2D eigenvalue weighted by molar-refractivity contribution is 0.256. The zero-order valence-corrected chi connectivity index (χ0v) is 8.29. The van der Waals surface area contributed by atoms with Crippen molar-refractivity contribution in [3.05, 3.63) is 24.3 Å². The van der Waals surface area contributed by atoms with Crippen LogP contribution in [-0.4, -0.2) is 6.61 Å². The minimum atomic E-state index is 0.609. The fraction of sp³-hybridized carbons (Fsp3) is 0.455. The van der Waals surface area contributed by atoms with Gasteiger partial charge in [-0.3, -0.25) is 0 Å². The van der Waals surface area contributed by atoms with E-state index < -0.39 is 0 Å². The lowest BCUT2D eigenvalue weighted by Gasteiger charge is -2.10. The van der Waals surface area contributed by atoms with E-state index >= 15 is 0 Å². The van der Waals surface area contributed by atoms with Crippen LogP contribution in [0.1, 0.15) is 20.3 Å². The van der Waals surface area contributed by atoms with Crippen molar-refractivity contribution < 1.29 is 4.74 Å². The topological polar surface area (TPSA) is 35.2 Å². The van der Waals surface area contributed by atoms with Crippen LogP contribution in [0.15, 0.2) is 24.3 Å². The molecule has 0 bridgehead atoms. The van der Waals surface area contributed by atoms with Crippen LogP contribution in [0.5, 0.6) is 5.75 Å². The minimum Gasteiger partial charge on any atom is -0.493 e. The fourth-order valence-electron chi connectivity index (χ4n) is 0.920. The van der Waals surface area contributed by atoms with Gasteiger partial charge in [-0.25, -0.2) is 0 Å². The van der Waals surface area contributed by atoms with Gasteiger partial charge in [0.25, 0.3) is 0 Å². The van der Waals surface area contributed by atoms with E-state index in [0.717, 1.165) is 24.5 Å². The van der Waals surface area contributed by atoms with Crippen LogP contribution in [-0.2, 0) is 0 Å². The monoisotopic (exact) mass is 179 g/mol. The van der Waals surface area contributed by atoms with E-state index in [4.69, 9.17) is 10.5 Å². The maximum absolute atomic E-state index is 5.56. The summed E-state index contributed by atoms with van der Waals surface area (Å²) in [5.41, 5.74) is 6.33. The summed E-state index contributed by atoms with van der Waals surface area (Å²) in [4.78, 5) is 0. The van der Waals surface area contributed by atoms with Crippen LogP contribution in [0.3, 0.4) is 0 Å². The molecule has 2 heteroatoms. The van der Waals surface area contributed by atoms with Crippen molar-refractivity contribution in [1.82, 2.24) is 0 Å². The molecule has 0 amide bonds. The Morgan fingerprint density at radius 2 is 1.92 bits per heavy atom. The lowest BCUT2D eigenvalue weighted by Crippen LogP contribution is -2.07. The van der Waals surface area contributed by atoms with Crippen molar-refractivity contribution in [1.29, 1.82) is 0 Å². The SMILES string of the molecule is CCC(C)COc1ccc(N)cc1. The summed E-state index contributed by atoms with van der Waals surface area (Å²) in [7, 11) is 0. The van der Waals surface area contributed by atoms with Crippen molar-refractivity contribution in [2.75, 3.05) is 12.3 Å². The third-order valence-corrected chi connectivity index (χ3v) is 2.11. The molecule has 0 aliphatic heterocycles. The molecule has 1 aromatic carbocycles. The van der Waals surface area contributed by atoms with Gasteiger partial charge < -0.3 is 10.5 Å². The predicted molar refractivity (Wildman–Crippen MR) is 55.8 cm³/mol. The zero-order chi connectivity index (χ0) is 9.68. The maximum atomic E-state index is 5.56. The third kappa shape index (κ3) is 3.36. The second-order valence-corrected chi connectivity index (χ2v) is 3.39. The van der Waals surface area contributed by atoms with Crippen LogP contribution in [0.25, 0.3) is 0 Å². The molecule has 0 heterocycles. The van der Waals surface area contributed by atoms with Crippen molar-refractivity contribution in [3.8, 4) is 5.75 Å². The minimum absolute atomic E-state index is 0.609. The molecule has 1 rings (SSSR count). The normalized spacial score (nSPS) is 12.5. The van der Waals surface area contributed by atoms with Gasteiger partial charge in [-0.1, -0.05) is 20.3 Å². The first-order valence-electron chi connectivity index (χ1n) is 4.70. The molecule has 1 aromatic rings. The Morgan fingerprint density at radius 1 is 1.31 bits per heavy atom. The van der Waals surface area contributed by atoms with E-state index in [1.165, 1.54) is 0 Å². The van der Waals surface area contributed by atoms with Crippen LogP contribution in [0.2, 0.25) is 0 Å². The Hall–Kier alpha value is -1.18. The molecule has 0 saturated heterocycles. The second kappa shape index (κ2) is 4.75. The number of rotatable bonds is 4. The average Bonchev–Trinajstić information content (AvgIpc) is 2.16. The van der Waals surface area contributed by atoms with E-state index in [2.05, 4.69) is 13.8 Å². The molecule has 0 aromatic heterocycles. The molecule has 0 fully saturated rings. The van der Waals surface area contributed by atoms with Crippen LogP contribution in [0.4, 0.5) is 5.69 Å². The Bertz CT molecular complexity index is 243. The van der Waals surface area contributed by atoms with Crippen LogP contribution in [0, 0.1) is 5.92 Å². The molecule has 0 aliphatic carbocycles. The van der Waals surface area contributed by atoms with Gasteiger partial charge >= 0.3 is 0 Å². The number of benzene rings is 1. The first-order valence-corrected chi connectivity index (χ1v) is 4.70. The van der Waals surface area contributed by atoms with Crippen LogP contribution < -0.4 is 10.5 Å². The van der Waals surface area contributed by atoms with Gasteiger partial charge in [-0.05, 0) is 30.2 Å². The molecular weight excluding hydrogens is 162 g/mol. The van der Waals surface area contributed by atoms with Crippen molar-refractivity contribution >= 4 is 5.69 Å². The summed E-state index contributed by atoms with van der Waals surface area (Å²) in [5.74, 6) is 1.51. The molecule has 0 spiro atoms. The van der Waals surface area contributed by atoms with Gasteiger partial charge in [0.05, 0.1) is 6.61 Å². The predicted octanol–water partition coefficient (Wildman–Crippen LogP) is 2.69. The molecule has 72 valence electrons. The number of ether oxygens (including phenoxy) is 1. The number of nitrogen functional groups attached to an aromatic ring is 1. The Morgan fingerprint density at radius 3 is 2.46 bits per heavy atom. The van der Waals surface area contributed by atoms with Gasteiger partial charge in [0.2, 0.25) is 0 Å². The first kappa shape index (κ1) is 9.90. The summed E-state index contributed by atoms with van der Waals surface area (Å²) in [5, 5.41) is 0. The quantitative estimate of drug-likeness (QED) is 0.721. The van der Waals surface area contributed by atoms with Crippen LogP contribution >= 0.6 is 0 Å². The molecular formula is C11H17NO. The van der Waals surface area contributed by atoms with E-state index in [0.29, 0.717) is 5.92 Å². The highest BCUT2D eigenvalue weighted by Crippen LogP contribution is 2.14. The summed E-state index contributed by atoms with van der Waals surface area (Å²) in [6.07, 6.45) is 1.15. The van der Waals surface area contributed by atoms with Crippen molar-refractivity contribution in [2.24, 2.45) is 5.92 Å². The Balaban J connectivity index is 2.41. The van der Waals surface area contributed by atoms with Gasteiger partial charge in [-0.15, -0.1) is 0 Å². The number of hydrogen-bond acceptors (Lipinski definition) is 2. The van der Waals surface area contributed by atoms with Crippen molar-refractivity contribution in [2.45, 2.75) is 20.3 Å². The van der Waals surface area contributed by atoms with Gasteiger partial charge in [0.15, 0.2) is 0 Å². The highest BCUT2D eigenvalue weighted by atomic mass is 16.5. The number of hydrogen-bond donors (Lipinski definition) is 1. The molecule has 1 atom stereocenters. The van der Waals surface area contributed by atoms with E-state index in [-0.39, 0.29) is 0 Å². The summed E-state index contributed by atoms with van der Waals surface area (Å²) >= 11 is 0. The Labute approximate surface area is 79.7 Å². The molecule has 0 aliphatic rings. The highest BCUT2D eigenvalue weighted by molar-refractivity contribution is 5.41. The summed E-state index contributed by atoms with van der Waals surface area (Å²) in [6, 6.07) is 7.51. The van der Waals surface area contributed by atoms with E-state index in [1.807, 2.05) is 24.3 Å². The summed E-state index contributed by atoms with van der Waals surface area (Å²) in [6.45, 7) is 5.12. The van der Waals surface area contributed by atoms with E-state index in [1.54, 1.807) is 0 Å². The van der Waals surface area contributed by atoms with Crippen molar-refractivity contribution in [3.63, 3.8) is 0 Å². The van der Waals surface area contributed by atoms with Gasteiger partial charge in [0.1, 0.15) is 5.75 Å². The second-order valence-electron chi connectivity index (χ2n) is 3.39. The molecule has 0 saturated carbocycles. The molecule has 2 nitrogen and oxygen atoms in total. The first-order chi connectivity index (χ1) is 6.22. The third-order valence-electron chi connectivity index (χ3n) is 2.11. The average molecular weight is 179 g/mol. The van der Waals surface area contributed by atoms with Gasteiger partial charge in [-0.2, -0.15) is 0 Å². The fourth-order valence-corrected chi connectivity index (χ4v) is 0.920. The lowest BCUT2D eigenvalue weighted by atomic mass is 10.1. The molecule has 2 N–H and O–H groups in total. The molecule has 13 heavy (non-hydrogen) atoms. The smallest absolute Gasteiger partial charge is 0.119 e. The van der Waals surface area contributed by atoms with Gasteiger partial charge in [0, 0.05) is 5.69 Å². The molecule has 0 radical (unpaired) electrons. The molecule has 1 unspecified atom stereocenters. The Kier molecular flexibility index (Phi) is 3.62. The van der Waals surface area contributed by atoms with E-state index in [9.17, 15) is 0 Å². The number of anilines is 1. The largest absolute Gasteiger partial charge is 0.493 e. The zero-order valence-electron chi connectivity index (χ0n) is 8.29. The number of nitrogens with two attached hydrogens (primary N) is 1.